The number of imidazole rings is 1. The fourth-order valence-corrected chi connectivity index (χ4v) is 11.7. The van der Waals surface area contributed by atoms with Crippen LogP contribution in [-0.4, -0.2) is 9.55 Å². The number of nitrogens with zero attached hydrogens (tertiary/aromatic N) is 2. The largest absolute Gasteiger partial charge is 0.456 e. The van der Waals surface area contributed by atoms with E-state index in [0.29, 0.717) is 0 Å². The Morgan fingerprint density at radius 1 is 0.509 bits per heavy atom. The summed E-state index contributed by atoms with van der Waals surface area (Å²) < 4.78 is 15.9. The maximum Gasteiger partial charge on any atom is 0.149 e. The van der Waals surface area contributed by atoms with Crippen molar-refractivity contribution in [1.29, 1.82) is 0 Å². The minimum absolute atomic E-state index is 0.0486. The van der Waals surface area contributed by atoms with Crippen molar-refractivity contribution in [3.8, 4) is 28.2 Å². The molecule has 0 amide bonds. The lowest BCUT2D eigenvalue weighted by atomic mass is 9.73. The van der Waals surface area contributed by atoms with Gasteiger partial charge in [0.25, 0.3) is 0 Å². The molecular formula is C51H46N2O2. The Balaban J connectivity index is 1.30. The molecule has 0 N–H and O–H groups in total. The van der Waals surface area contributed by atoms with E-state index in [1.165, 1.54) is 39.1 Å². The molecule has 2 aliphatic rings. The molecule has 3 heterocycles. The van der Waals surface area contributed by atoms with Gasteiger partial charge in [-0.25, -0.2) is 4.98 Å². The first kappa shape index (κ1) is 32.8. The number of furan rings is 2. The highest BCUT2D eigenvalue weighted by molar-refractivity contribution is 6.16. The summed E-state index contributed by atoms with van der Waals surface area (Å²) in [7, 11) is 0. The van der Waals surface area contributed by atoms with Gasteiger partial charge in [-0.05, 0) is 104 Å². The molecule has 0 spiro atoms. The molecule has 4 nitrogen and oxygen atoms in total. The molecule has 0 saturated carbocycles. The maximum atomic E-state index is 6.97. The van der Waals surface area contributed by atoms with Crippen LogP contribution < -0.4 is 0 Å². The predicted octanol–water partition coefficient (Wildman–Crippen LogP) is 14.1. The Labute approximate surface area is 321 Å². The first-order valence-electron chi connectivity index (χ1n) is 19.8. The molecule has 0 bridgehead atoms. The predicted molar refractivity (Wildman–Crippen MR) is 228 cm³/mol. The maximum absolute atomic E-state index is 6.97. The van der Waals surface area contributed by atoms with Gasteiger partial charge >= 0.3 is 0 Å². The van der Waals surface area contributed by atoms with Crippen LogP contribution in [0.15, 0.2) is 118 Å². The second-order valence-corrected chi connectivity index (χ2v) is 19.0. The third-order valence-electron chi connectivity index (χ3n) is 13.0. The molecule has 11 rings (SSSR count). The Morgan fingerprint density at radius 3 is 1.78 bits per heavy atom. The number of rotatable bonds is 3. The lowest BCUT2D eigenvalue weighted by Crippen LogP contribution is -2.23. The lowest BCUT2D eigenvalue weighted by Gasteiger charge is -2.33. The third kappa shape index (κ3) is 4.37. The Kier molecular flexibility index (Phi) is 6.30. The van der Waals surface area contributed by atoms with Crippen molar-refractivity contribution in [1.82, 2.24) is 9.55 Å². The first-order chi connectivity index (χ1) is 26.3. The molecule has 0 radical (unpaired) electrons. The second kappa shape index (κ2) is 10.6. The van der Waals surface area contributed by atoms with Crippen LogP contribution in [-0.2, 0) is 21.7 Å². The van der Waals surface area contributed by atoms with E-state index in [1.54, 1.807) is 0 Å². The minimum atomic E-state index is -0.0968. The van der Waals surface area contributed by atoms with Crippen LogP contribution >= 0.6 is 0 Å². The molecule has 2 aliphatic carbocycles. The molecule has 0 atom stereocenters. The summed E-state index contributed by atoms with van der Waals surface area (Å²) in [4.78, 5) is 5.55. The van der Waals surface area contributed by atoms with E-state index >= 15 is 0 Å². The van der Waals surface area contributed by atoms with Crippen molar-refractivity contribution in [2.45, 2.75) is 89.9 Å². The zero-order chi connectivity index (χ0) is 37.8. The minimum Gasteiger partial charge on any atom is -0.456 e. The van der Waals surface area contributed by atoms with Gasteiger partial charge in [-0.3, -0.25) is 4.57 Å². The lowest BCUT2D eigenvalue weighted by molar-refractivity contribution is 0.395. The van der Waals surface area contributed by atoms with Gasteiger partial charge < -0.3 is 8.83 Å². The van der Waals surface area contributed by atoms with Gasteiger partial charge in [-0.1, -0.05) is 128 Å². The fraction of sp³-hybridized carbons (Fsp3) is 0.275. The highest BCUT2D eigenvalue weighted by Gasteiger charge is 2.54. The SMILES string of the molecule is CC1(C)CC(C)(C)c2c(-n3c(-c4cccc5c4oc4cc6c(cc45)oc4ccccc46)nc4ccccc43)c3c(c(-c4ccccc4)c21)C(C)(C)CC3(C)C. The van der Waals surface area contributed by atoms with Gasteiger partial charge in [0.15, 0.2) is 0 Å². The number of hydrogen-bond donors (Lipinski definition) is 0. The molecule has 55 heavy (non-hydrogen) atoms. The average molecular weight is 719 g/mol. The fourth-order valence-electron chi connectivity index (χ4n) is 11.7. The van der Waals surface area contributed by atoms with Crippen LogP contribution in [0.2, 0.25) is 0 Å². The summed E-state index contributed by atoms with van der Waals surface area (Å²) in [6, 6.07) is 39.0. The van der Waals surface area contributed by atoms with Crippen molar-refractivity contribution >= 4 is 54.9 Å². The van der Waals surface area contributed by atoms with Crippen LogP contribution in [0.3, 0.4) is 0 Å². The number of para-hydroxylation sites is 4. The summed E-state index contributed by atoms with van der Waals surface area (Å²) in [6.45, 7) is 19.8. The highest BCUT2D eigenvalue weighted by Crippen LogP contribution is 2.64. The van der Waals surface area contributed by atoms with E-state index in [9.17, 15) is 0 Å². The van der Waals surface area contributed by atoms with E-state index < -0.39 is 0 Å². The summed E-state index contributed by atoms with van der Waals surface area (Å²) in [5, 5.41) is 4.27. The number of benzene rings is 6. The second-order valence-electron chi connectivity index (χ2n) is 19.0. The average Bonchev–Trinajstić information content (AvgIpc) is 3.90. The molecule has 3 aromatic heterocycles. The quantitative estimate of drug-likeness (QED) is 0.183. The molecule has 0 fully saturated rings. The first-order valence-corrected chi connectivity index (χ1v) is 19.8. The molecule has 4 heteroatoms. The van der Waals surface area contributed by atoms with Crippen molar-refractivity contribution in [2.24, 2.45) is 0 Å². The molecule has 6 aromatic carbocycles. The zero-order valence-electron chi connectivity index (χ0n) is 33.0. The monoisotopic (exact) mass is 718 g/mol. The topological polar surface area (TPSA) is 44.1 Å². The van der Waals surface area contributed by atoms with E-state index in [4.69, 9.17) is 13.8 Å². The van der Waals surface area contributed by atoms with Crippen LogP contribution in [0.25, 0.3) is 83.1 Å². The van der Waals surface area contributed by atoms with Crippen LogP contribution in [0, 0.1) is 0 Å². The molecule has 0 unspecified atom stereocenters. The summed E-state index contributed by atoms with van der Waals surface area (Å²) >= 11 is 0. The molecular weight excluding hydrogens is 673 g/mol. The number of fused-ring (bicyclic) bond motifs is 9. The third-order valence-corrected chi connectivity index (χ3v) is 13.0. The van der Waals surface area contributed by atoms with Crippen LogP contribution in [0.4, 0.5) is 0 Å². The van der Waals surface area contributed by atoms with E-state index in [0.717, 1.165) is 79.1 Å². The number of hydrogen-bond acceptors (Lipinski definition) is 3. The highest BCUT2D eigenvalue weighted by atomic mass is 16.3. The van der Waals surface area contributed by atoms with Gasteiger partial charge in [0, 0.05) is 21.5 Å². The van der Waals surface area contributed by atoms with Crippen molar-refractivity contribution < 1.29 is 8.83 Å². The van der Waals surface area contributed by atoms with Gasteiger partial charge in [0.2, 0.25) is 0 Å². The van der Waals surface area contributed by atoms with Gasteiger partial charge in [0.05, 0.1) is 22.3 Å². The van der Waals surface area contributed by atoms with Crippen LogP contribution in [0.1, 0.15) is 90.5 Å². The Morgan fingerprint density at radius 2 is 1.07 bits per heavy atom. The van der Waals surface area contributed by atoms with Crippen LogP contribution in [0.5, 0.6) is 0 Å². The van der Waals surface area contributed by atoms with Gasteiger partial charge in [0.1, 0.15) is 28.2 Å². The smallest absolute Gasteiger partial charge is 0.149 e. The standard InChI is InChI=1S/C51H46N2O2/c1-48(2)27-50(5,6)43-41(48)40(29-17-10-9-11-18-29)42-44(51(7,8)28-49(42,3)4)45(43)53-36-23-14-13-22-35(36)52-47(53)32-21-16-20-31-34-26-38-33(25-39(34)55-46(31)32)30-19-12-15-24-37(30)54-38/h9-26H,27-28H2,1-8H3. The van der Waals surface area contributed by atoms with Crippen molar-refractivity contribution in [2.75, 3.05) is 0 Å². The number of aromatic nitrogens is 2. The molecule has 272 valence electrons. The Hall–Kier alpha value is -5.61. The normalized spacial score (nSPS) is 17.9. The summed E-state index contributed by atoms with van der Waals surface area (Å²) in [5.74, 6) is 0.915. The Bertz CT molecular complexity index is 3030. The van der Waals surface area contributed by atoms with E-state index in [1.807, 2.05) is 12.1 Å². The zero-order valence-corrected chi connectivity index (χ0v) is 33.0. The molecule has 0 saturated heterocycles. The molecule has 0 aliphatic heterocycles. The summed E-state index contributed by atoms with van der Waals surface area (Å²) in [5.41, 5.74) is 16.2. The van der Waals surface area contributed by atoms with Gasteiger partial charge in [-0.15, -0.1) is 0 Å². The van der Waals surface area contributed by atoms with E-state index in [-0.39, 0.29) is 21.7 Å². The van der Waals surface area contributed by atoms with Crippen molar-refractivity contribution in [3.63, 3.8) is 0 Å². The molecule has 9 aromatic rings. The van der Waals surface area contributed by atoms with Crippen molar-refractivity contribution in [3.05, 3.63) is 131 Å². The van der Waals surface area contributed by atoms with Gasteiger partial charge in [-0.2, -0.15) is 0 Å². The van der Waals surface area contributed by atoms with E-state index in [2.05, 4.69) is 157 Å². The summed E-state index contributed by atoms with van der Waals surface area (Å²) in [6.07, 6.45) is 2.12.